The molecule has 486 valence electrons. The summed E-state index contributed by atoms with van der Waals surface area (Å²) in [7, 11) is -8.39. The van der Waals surface area contributed by atoms with E-state index in [2.05, 4.69) is 96.8 Å². The molecular formula is C55H43F3N20O13S4. The summed E-state index contributed by atoms with van der Waals surface area (Å²) in [5, 5.41) is 75.6. The molecule has 95 heavy (non-hydrogen) atoms. The maximum Gasteiger partial charge on any atom is 0.416 e. The number of fused-ring (bicyclic) bond motifs is 9. The van der Waals surface area contributed by atoms with Crippen LogP contribution in [-0.4, -0.2) is 130 Å². The van der Waals surface area contributed by atoms with Gasteiger partial charge in [0.1, 0.15) is 26.3 Å². The summed E-state index contributed by atoms with van der Waals surface area (Å²) in [5.74, 6) is -3.96. The molecule has 33 nitrogen and oxygen atoms in total. The minimum absolute atomic E-state index is 0.0704. The van der Waals surface area contributed by atoms with Crippen LogP contribution < -0.4 is 0 Å². The van der Waals surface area contributed by atoms with Gasteiger partial charge in [0.2, 0.25) is 10.3 Å². The van der Waals surface area contributed by atoms with Crippen LogP contribution in [-0.2, 0) is 54.4 Å². The average Bonchev–Trinajstić information content (AvgIpc) is 1.63. The van der Waals surface area contributed by atoms with E-state index in [1.54, 1.807) is 13.2 Å². The fraction of sp³-hybridized carbons (Fsp3) is 0.164. The first-order chi connectivity index (χ1) is 44.9. The first-order valence-corrected chi connectivity index (χ1v) is 31.4. The molecule has 4 aromatic carbocycles. The monoisotopic (exact) mass is 1380 g/mol. The molecule has 0 aliphatic carbocycles. The molecule has 9 heterocycles. The van der Waals surface area contributed by atoms with E-state index in [9.17, 15) is 63.9 Å². The van der Waals surface area contributed by atoms with Gasteiger partial charge in [-0.25, -0.2) is 52.7 Å². The predicted octanol–water partition coefficient (Wildman–Crippen LogP) is 12.0. The van der Waals surface area contributed by atoms with E-state index in [1.807, 2.05) is 57.6 Å². The Morgan fingerprint density at radius 3 is 1.69 bits per heavy atom. The summed E-state index contributed by atoms with van der Waals surface area (Å²) >= 11 is 1.93. The number of carboxylic acids is 3. The number of aromatic nitrogens is 13. The van der Waals surface area contributed by atoms with Crippen molar-refractivity contribution in [2.75, 3.05) is 7.11 Å². The summed E-state index contributed by atoms with van der Waals surface area (Å²) in [6, 6.07) is 21.9. The van der Waals surface area contributed by atoms with Crippen molar-refractivity contribution in [2.45, 2.75) is 62.1 Å². The van der Waals surface area contributed by atoms with E-state index in [0.717, 1.165) is 78.8 Å². The van der Waals surface area contributed by atoms with Gasteiger partial charge in [-0.15, -0.1) is 30.7 Å². The Bertz CT molecular complexity index is 5640. The van der Waals surface area contributed by atoms with Crippen LogP contribution in [0.4, 0.5) is 46.3 Å². The number of rotatable bonds is 15. The molecule has 0 radical (unpaired) electrons. The van der Waals surface area contributed by atoms with Gasteiger partial charge in [-0.2, -0.15) is 40.4 Å². The van der Waals surface area contributed by atoms with E-state index in [0.29, 0.717) is 52.2 Å². The Morgan fingerprint density at radius 2 is 1.18 bits per heavy atom. The minimum Gasteiger partial charge on any atom is -0.481 e. The van der Waals surface area contributed by atoms with Crippen molar-refractivity contribution < 1.29 is 73.6 Å². The predicted molar refractivity (Wildman–Crippen MR) is 330 cm³/mol. The fourth-order valence-corrected chi connectivity index (χ4v) is 11.7. The molecule has 0 unspecified atom stereocenters. The number of hydrogen-bond acceptors (Lipinski definition) is 23. The second-order valence-electron chi connectivity index (χ2n) is 21.1. The number of nitrogens with one attached hydrogen (secondary N) is 3. The molecule has 13 aromatic rings. The number of methoxy groups -OCH3 is 1. The van der Waals surface area contributed by atoms with E-state index in [4.69, 9.17) is 14.9 Å². The van der Waals surface area contributed by atoms with E-state index >= 15 is 0 Å². The summed E-state index contributed by atoms with van der Waals surface area (Å²) < 4.78 is 118. The van der Waals surface area contributed by atoms with E-state index in [-0.39, 0.29) is 64.8 Å². The number of hydrogen-bond donors (Lipinski definition) is 8. The van der Waals surface area contributed by atoms with Gasteiger partial charge in [-0.3, -0.25) is 29.2 Å². The van der Waals surface area contributed by atoms with Crippen LogP contribution in [0.3, 0.4) is 0 Å². The second kappa shape index (κ2) is 24.9. The molecule has 0 aliphatic heterocycles. The van der Waals surface area contributed by atoms with Crippen LogP contribution in [0.2, 0.25) is 0 Å². The van der Waals surface area contributed by atoms with Crippen molar-refractivity contribution in [1.82, 2.24) is 63.5 Å². The maximum atomic E-state index is 13.3. The third-order valence-electron chi connectivity index (χ3n) is 13.6. The summed E-state index contributed by atoms with van der Waals surface area (Å²) in [4.78, 5) is 53.4. The highest BCUT2D eigenvalue weighted by molar-refractivity contribution is 7.86. The number of aliphatic carboxylic acids is 1. The normalized spacial score (nSPS) is 12.5. The lowest BCUT2D eigenvalue weighted by Gasteiger charge is -2.16. The van der Waals surface area contributed by atoms with Crippen LogP contribution in [0.1, 0.15) is 74.0 Å². The van der Waals surface area contributed by atoms with Gasteiger partial charge in [0.15, 0.2) is 39.8 Å². The number of benzene rings is 4. The number of aromatic carboxylic acids is 2. The van der Waals surface area contributed by atoms with Gasteiger partial charge >= 0.3 is 24.1 Å². The average molecular weight is 1380 g/mol. The summed E-state index contributed by atoms with van der Waals surface area (Å²) in [6.07, 6.45) is -2.89. The van der Waals surface area contributed by atoms with Gasteiger partial charge in [0.05, 0.1) is 97.4 Å². The van der Waals surface area contributed by atoms with Crippen molar-refractivity contribution in [3.05, 3.63) is 141 Å². The molecule has 0 saturated heterocycles. The van der Waals surface area contributed by atoms with Crippen molar-refractivity contribution in [2.24, 2.45) is 30.7 Å². The molecule has 9 aromatic heterocycles. The number of aryl methyl sites for hydroxylation is 1. The number of H-pyrrole nitrogens is 3. The number of para-hydroxylation sites is 4. The third kappa shape index (κ3) is 13.1. The molecule has 0 amide bonds. The summed E-state index contributed by atoms with van der Waals surface area (Å²) in [5.41, 5.74) is 4.72. The Balaban J connectivity index is 0.000000154. The number of azo groups is 3. The number of ether oxygens (including phenoxy) is 1. The molecule has 0 fully saturated rings. The first-order valence-electron chi connectivity index (χ1n) is 26.9. The van der Waals surface area contributed by atoms with E-state index in [1.165, 1.54) is 19.3 Å². The highest BCUT2D eigenvalue weighted by Gasteiger charge is 2.33. The number of halogens is 3. The molecule has 0 aliphatic rings. The van der Waals surface area contributed by atoms with Crippen LogP contribution in [0.25, 0.3) is 55.7 Å². The second-order valence-corrected chi connectivity index (χ2v) is 25.9. The number of nitriles is 1. The Morgan fingerprint density at radius 1 is 0.663 bits per heavy atom. The molecule has 0 spiro atoms. The van der Waals surface area contributed by atoms with Gasteiger partial charge in [0, 0.05) is 12.5 Å². The standard InChI is InChI=1S/C23H15F3N8O8S2.C17H16N6O2S.C15H12N6O3S/c1-10-13(9-27)21(34(31-10)17-7-12(43(37,38)39)3-5-18(17)44(40,41)42)30-29-20-15(8-19(35)36)32-33-16-6-11(23(24,25)26)2-4-14(16)28-22(20)33;1-17(2,3)13-12(20-21-16-18-8-11(26-16)15(24)25)14-19-9-6-4-5-7-10(9)23(14)22-13;1-24-7-9-12(18-19-15-16-6-11(25-15)14(22)23)13-17-8-4-2-3-5-10(8)21(13)20-9/h2-7,32H,8H2,1H3,(H,35,36)(H,37,38,39)(H,40,41,42);4-8,22H,1-3H3,(H,24,25);2-6,20H,7H2,1H3,(H,22,23). The zero-order valence-electron chi connectivity index (χ0n) is 49.0. The minimum atomic E-state index is -5.06. The number of aromatic amines is 3. The zero-order chi connectivity index (χ0) is 68.2. The molecule has 40 heteroatoms. The third-order valence-corrected chi connectivity index (χ3v) is 17.1. The van der Waals surface area contributed by atoms with Crippen LogP contribution >= 0.6 is 22.7 Å². The van der Waals surface area contributed by atoms with Crippen molar-refractivity contribution in [3.63, 3.8) is 0 Å². The number of imidazole rings is 3. The highest BCUT2D eigenvalue weighted by atomic mass is 32.2. The SMILES string of the molecule is CC(C)(C)c1[nH]n2c(nc3ccccc32)c1N=Nc1ncc(C(=O)O)s1.COCc1[nH]n2c(nc3ccccc32)c1N=Nc1ncc(C(=O)O)s1.Cc1nn(-c2cc(S(=O)(=O)O)ccc2S(=O)(=O)O)c(N=Nc2c(CC(=O)O)[nH]n3c2nc2ccc(C(F)(F)F)cc23)c1C#N. The lowest BCUT2D eigenvalue weighted by Crippen LogP contribution is -2.12. The van der Waals surface area contributed by atoms with Crippen LogP contribution in [0.15, 0.2) is 138 Å². The zero-order valence-corrected chi connectivity index (χ0v) is 52.3. The van der Waals surface area contributed by atoms with Crippen molar-refractivity contribution in [3.8, 4) is 11.8 Å². The smallest absolute Gasteiger partial charge is 0.416 e. The van der Waals surface area contributed by atoms with Crippen LogP contribution in [0, 0.1) is 18.3 Å². The molecule has 8 N–H and O–H groups in total. The lowest BCUT2D eigenvalue weighted by atomic mass is 9.91. The van der Waals surface area contributed by atoms with Crippen molar-refractivity contribution in [1.29, 1.82) is 5.26 Å². The number of thiazole rings is 2. The quantitative estimate of drug-likeness (QED) is 0.0349. The maximum absolute atomic E-state index is 13.3. The fourth-order valence-electron chi connectivity index (χ4n) is 9.44. The molecule has 13 rings (SSSR count). The molecule has 0 atom stereocenters. The van der Waals surface area contributed by atoms with Gasteiger partial charge in [-0.05, 0) is 67.6 Å². The summed E-state index contributed by atoms with van der Waals surface area (Å²) in [6.45, 7) is 7.84. The number of alkyl halides is 3. The van der Waals surface area contributed by atoms with Gasteiger partial charge < -0.3 is 20.1 Å². The Labute approximate surface area is 536 Å². The lowest BCUT2D eigenvalue weighted by molar-refractivity contribution is -0.138. The Kier molecular flexibility index (Phi) is 17.1. The largest absolute Gasteiger partial charge is 0.481 e. The van der Waals surface area contributed by atoms with Gasteiger partial charge in [-0.1, -0.05) is 67.7 Å². The van der Waals surface area contributed by atoms with Crippen LogP contribution in [0.5, 0.6) is 0 Å². The number of carbonyl (C=O) groups is 3. The number of nitrogens with zero attached hydrogens (tertiary/aromatic N) is 17. The highest BCUT2D eigenvalue weighted by Crippen LogP contribution is 2.40. The van der Waals surface area contributed by atoms with Gasteiger partial charge in [0.25, 0.3) is 20.2 Å². The topological polar surface area (TPSA) is 471 Å². The molecular weight excluding hydrogens is 1330 g/mol. The first kappa shape index (κ1) is 65.2. The van der Waals surface area contributed by atoms with E-state index < -0.39 is 77.6 Å². The Hall–Kier alpha value is -11.4. The molecule has 0 saturated carbocycles. The number of carboxylic acid groups (broad SMARTS) is 3. The van der Waals surface area contributed by atoms with Crippen molar-refractivity contribution >= 4 is 144 Å². The molecule has 0 bridgehead atoms.